The third-order valence-corrected chi connectivity index (χ3v) is 6.54. The zero-order chi connectivity index (χ0) is 21.9. The molecule has 3 rings (SSSR count). The van der Waals surface area contributed by atoms with Gasteiger partial charge in [0.15, 0.2) is 0 Å². The fourth-order valence-corrected chi connectivity index (χ4v) is 4.94. The number of benzene rings is 2. The number of rotatable bonds is 7. The molecule has 4 nitrogen and oxygen atoms in total. The first-order chi connectivity index (χ1) is 14.3. The molecule has 4 atom stereocenters. The molecule has 2 aromatic carbocycles. The summed E-state index contributed by atoms with van der Waals surface area (Å²) in [7, 11) is 5.45. The third kappa shape index (κ3) is 4.29. The number of halogens is 1. The Labute approximate surface area is 183 Å². The van der Waals surface area contributed by atoms with Crippen molar-refractivity contribution < 1.29 is 9.18 Å². The van der Waals surface area contributed by atoms with E-state index in [-0.39, 0.29) is 17.6 Å². The molecule has 0 aromatic heterocycles. The van der Waals surface area contributed by atoms with Crippen molar-refractivity contribution in [1.29, 1.82) is 0 Å². The molecule has 0 radical (unpaired) electrons. The van der Waals surface area contributed by atoms with Gasteiger partial charge in [0.05, 0.1) is 11.4 Å². The van der Waals surface area contributed by atoms with Crippen LogP contribution in [0.2, 0.25) is 0 Å². The van der Waals surface area contributed by atoms with E-state index in [4.69, 9.17) is 5.10 Å². The fourth-order valence-electron chi connectivity index (χ4n) is 4.06. The maximum atomic E-state index is 13.6. The van der Waals surface area contributed by atoms with Crippen molar-refractivity contribution in [2.45, 2.75) is 45.6 Å². The van der Waals surface area contributed by atoms with Crippen molar-refractivity contribution >= 4 is 46.4 Å². The summed E-state index contributed by atoms with van der Waals surface area (Å²) in [6, 6.07) is 12.4. The molecule has 30 heavy (non-hydrogen) atoms. The molecule has 4 unspecified atom stereocenters. The Kier molecular flexibility index (Phi) is 7.26. The Morgan fingerprint density at radius 3 is 2.50 bits per heavy atom. The summed E-state index contributed by atoms with van der Waals surface area (Å²) >= 11 is 0. The van der Waals surface area contributed by atoms with Crippen LogP contribution in [0.25, 0.3) is 0 Å². The number of anilines is 1. The number of hydrogen-bond acceptors (Lipinski definition) is 3. The number of carbonyl (C=O) groups is 1. The summed E-state index contributed by atoms with van der Waals surface area (Å²) in [5.74, 6) is -0.449. The van der Waals surface area contributed by atoms with Crippen LogP contribution in [0.5, 0.6) is 0 Å². The van der Waals surface area contributed by atoms with Crippen molar-refractivity contribution in [2.24, 2.45) is 11.0 Å². The van der Waals surface area contributed by atoms with E-state index in [0.29, 0.717) is 6.54 Å². The van der Waals surface area contributed by atoms with Gasteiger partial charge in [-0.05, 0) is 60.7 Å². The van der Waals surface area contributed by atoms with Gasteiger partial charge in [0.2, 0.25) is 5.91 Å². The number of likely N-dealkylation sites (N-methyl/N-ethyl adjacent to an activating group) is 1. The van der Waals surface area contributed by atoms with Crippen molar-refractivity contribution in [3.63, 3.8) is 0 Å². The van der Waals surface area contributed by atoms with Gasteiger partial charge in [0.25, 0.3) is 0 Å². The van der Waals surface area contributed by atoms with Crippen LogP contribution in [0.1, 0.15) is 45.6 Å². The predicted molar refractivity (Wildman–Crippen MR) is 131 cm³/mol. The number of nitrogens with zero attached hydrogens (tertiary/aromatic N) is 2. The second-order valence-electron chi connectivity index (χ2n) is 7.82. The van der Waals surface area contributed by atoms with E-state index in [9.17, 15) is 9.18 Å². The molecule has 2 aromatic rings. The number of carbonyl (C=O) groups excluding carboxylic acids is 1. The van der Waals surface area contributed by atoms with Crippen LogP contribution in [0.4, 0.5) is 10.1 Å². The van der Waals surface area contributed by atoms with Gasteiger partial charge >= 0.3 is 0 Å². The average Bonchev–Trinajstić information content (AvgIpc) is 3.00. The van der Waals surface area contributed by atoms with Crippen LogP contribution in [-0.2, 0) is 4.79 Å². The molecule has 1 amide bonds. The summed E-state index contributed by atoms with van der Waals surface area (Å²) in [4.78, 5) is 13.4. The minimum Gasteiger partial charge on any atom is -0.354 e. The van der Waals surface area contributed by atoms with E-state index in [1.807, 2.05) is 37.1 Å². The zero-order valence-corrected chi connectivity index (χ0v) is 20.1. The molecule has 0 bridgehead atoms. The predicted octanol–water partition coefficient (Wildman–Crippen LogP) is 3.75. The van der Waals surface area contributed by atoms with Crippen LogP contribution >= 0.6 is 18.5 Å². The smallest absolute Gasteiger partial charge is 0.248 e. The van der Waals surface area contributed by atoms with Gasteiger partial charge in [-0.25, -0.2) is 9.40 Å². The monoisotopic (exact) mass is 445 g/mol. The van der Waals surface area contributed by atoms with E-state index >= 15 is 0 Å². The normalized spacial score (nSPS) is 20.9. The second-order valence-corrected chi connectivity index (χ2v) is 9.11. The van der Waals surface area contributed by atoms with Crippen LogP contribution in [0, 0.1) is 11.7 Å². The third-order valence-electron chi connectivity index (χ3n) is 5.72. The first-order valence-corrected chi connectivity index (χ1v) is 11.6. The lowest BCUT2D eigenvalue weighted by atomic mass is 9.77. The lowest BCUT2D eigenvalue weighted by molar-refractivity contribution is -0.126. The van der Waals surface area contributed by atoms with Crippen molar-refractivity contribution in [1.82, 2.24) is 5.32 Å². The molecule has 0 aliphatic carbocycles. The highest BCUT2D eigenvalue weighted by Gasteiger charge is 2.53. The largest absolute Gasteiger partial charge is 0.354 e. The minimum atomic E-state index is -0.886. The first kappa shape index (κ1) is 22.8. The molecule has 160 valence electrons. The fraction of sp³-hybridized carbons (Fsp3) is 0.391. The molecule has 0 spiro atoms. The summed E-state index contributed by atoms with van der Waals surface area (Å²) in [5, 5.41) is 11.9. The van der Waals surface area contributed by atoms with Crippen molar-refractivity contribution in [2.75, 3.05) is 11.6 Å². The Morgan fingerprint density at radius 1 is 1.20 bits per heavy atom. The summed E-state index contributed by atoms with van der Waals surface area (Å²) in [6.45, 7) is 6.58. The lowest BCUT2D eigenvalue weighted by Crippen LogP contribution is -2.58. The molecule has 0 fully saturated rings. The lowest BCUT2D eigenvalue weighted by Gasteiger charge is -2.38. The van der Waals surface area contributed by atoms with Gasteiger partial charge < -0.3 is 5.32 Å². The first-order valence-electron chi connectivity index (χ1n) is 10.4. The number of nitrogens with one attached hydrogen (secondary N) is 1. The van der Waals surface area contributed by atoms with Crippen molar-refractivity contribution in [3.05, 3.63) is 53.8 Å². The highest BCUT2D eigenvalue weighted by Crippen LogP contribution is 2.41. The van der Waals surface area contributed by atoms with Gasteiger partial charge in [0, 0.05) is 12.5 Å². The van der Waals surface area contributed by atoms with Crippen LogP contribution < -0.4 is 20.9 Å². The number of unbranched alkanes of at least 4 members (excludes halogenated alkanes) is 1. The molecule has 7 heteroatoms. The minimum absolute atomic E-state index is 0.0497. The topological polar surface area (TPSA) is 44.7 Å². The maximum absolute atomic E-state index is 13.6. The highest BCUT2D eigenvalue weighted by atomic mass is 31.0. The number of hydrazone groups is 1. The Balaban J connectivity index is 2.19. The van der Waals surface area contributed by atoms with E-state index in [0.717, 1.165) is 46.8 Å². The summed E-state index contributed by atoms with van der Waals surface area (Å²) in [5.41, 5.74) is 1.67. The number of hydrogen-bond donors (Lipinski definition) is 1. The zero-order valence-electron chi connectivity index (χ0n) is 17.8. The molecular formula is C23H30FN3OP2. The highest BCUT2D eigenvalue weighted by molar-refractivity contribution is 7.29. The van der Waals surface area contributed by atoms with Gasteiger partial charge in [-0.2, -0.15) is 5.10 Å². The van der Waals surface area contributed by atoms with E-state index in [1.54, 1.807) is 12.1 Å². The van der Waals surface area contributed by atoms with Gasteiger partial charge in [0.1, 0.15) is 11.4 Å². The van der Waals surface area contributed by atoms with Crippen LogP contribution in [-0.4, -0.2) is 23.7 Å². The average molecular weight is 445 g/mol. The molecular weight excluding hydrogens is 415 g/mol. The molecule has 1 N–H and O–H groups in total. The summed E-state index contributed by atoms with van der Waals surface area (Å²) < 4.78 is 13.6. The Hall–Kier alpha value is -1.83. The molecule has 0 saturated carbocycles. The van der Waals surface area contributed by atoms with Gasteiger partial charge in [-0.3, -0.25) is 4.79 Å². The number of amides is 1. The van der Waals surface area contributed by atoms with Gasteiger partial charge in [-0.1, -0.05) is 38.0 Å². The van der Waals surface area contributed by atoms with E-state index in [1.165, 1.54) is 12.1 Å². The standard InChI is InChI=1S/C23H30FN3OP2/c1-4-6-7-18-21(15-8-10-16(24)11-9-15)26-27(23(18,3)22(28)25-5-2)19-13-12-17(29)14-20(19)30/h8-14,18H,4-7,29-30H2,1-3H3,(H,25,28). The molecule has 1 aliphatic heterocycles. The van der Waals surface area contributed by atoms with Crippen molar-refractivity contribution in [3.8, 4) is 0 Å². The molecule has 1 aliphatic rings. The Bertz CT molecular complexity index is 948. The van der Waals surface area contributed by atoms with E-state index in [2.05, 4.69) is 30.7 Å². The molecule has 1 heterocycles. The Morgan fingerprint density at radius 2 is 1.90 bits per heavy atom. The molecule has 0 saturated heterocycles. The maximum Gasteiger partial charge on any atom is 0.248 e. The second kappa shape index (κ2) is 9.54. The van der Waals surface area contributed by atoms with Crippen LogP contribution in [0.15, 0.2) is 47.6 Å². The quantitative estimate of drug-likeness (QED) is 0.660. The van der Waals surface area contributed by atoms with Gasteiger partial charge in [-0.15, -0.1) is 18.5 Å². The van der Waals surface area contributed by atoms with Crippen LogP contribution in [0.3, 0.4) is 0 Å². The summed E-state index contributed by atoms with van der Waals surface area (Å²) in [6.07, 6.45) is 2.83. The van der Waals surface area contributed by atoms with E-state index < -0.39 is 5.54 Å². The SMILES string of the molecule is CCCCC1C(c2ccc(F)cc2)=NN(c2ccc(P)cc2P)C1(C)C(=O)NCC.